The molecule has 10 nitrogen and oxygen atoms in total. The van der Waals surface area contributed by atoms with Crippen LogP contribution in [0.1, 0.15) is 49.8 Å². The van der Waals surface area contributed by atoms with Crippen molar-refractivity contribution in [1.29, 1.82) is 5.26 Å². The number of aromatic nitrogens is 4. The smallest absolute Gasteiger partial charge is 0.240 e. The second kappa shape index (κ2) is 7.59. The monoisotopic (exact) mass is 472 g/mol. The Morgan fingerprint density at radius 1 is 1.29 bits per heavy atom. The fourth-order valence-electron chi connectivity index (χ4n) is 7.19. The third-order valence-electron chi connectivity index (χ3n) is 8.90. The van der Waals surface area contributed by atoms with Gasteiger partial charge in [0.15, 0.2) is 5.82 Å². The van der Waals surface area contributed by atoms with Gasteiger partial charge in [-0.05, 0) is 65.6 Å². The molecule has 5 aliphatic rings. The van der Waals surface area contributed by atoms with Gasteiger partial charge in [-0.3, -0.25) is 14.5 Å². The Morgan fingerprint density at radius 2 is 2.17 bits per heavy atom. The van der Waals surface area contributed by atoms with E-state index in [2.05, 4.69) is 48.6 Å². The first-order chi connectivity index (χ1) is 17.0. The van der Waals surface area contributed by atoms with E-state index in [0.29, 0.717) is 18.3 Å². The van der Waals surface area contributed by atoms with Crippen LogP contribution in [-0.4, -0.2) is 84.4 Å². The summed E-state index contributed by atoms with van der Waals surface area (Å²) in [7, 11) is 0. The highest BCUT2D eigenvalue weighted by molar-refractivity contribution is 5.87. The van der Waals surface area contributed by atoms with Crippen LogP contribution in [0.4, 0.5) is 0 Å². The van der Waals surface area contributed by atoms with Crippen molar-refractivity contribution >= 4 is 11.8 Å². The predicted octanol–water partition coefficient (Wildman–Crippen LogP) is 1.29. The zero-order chi connectivity index (χ0) is 23.8. The van der Waals surface area contributed by atoms with Crippen LogP contribution in [0.3, 0.4) is 0 Å². The Balaban J connectivity index is 1.03. The molecule has 4 heterocycles. The average molecular weight is 473 g/mol. The number of amides is 2. The van der Waals surface area contributed by atoms with Crippen molar-refractivity contribution in [3.8, 4) is 17.5 Å². The molecule has 1 aromatic heterocycles. The number of hydrogen-bond donors (Lipinski definition) is 1. The van der Waals surface area contributed by atoms with Gasteiger partial charge in [-0.2, -0.15) is 5.26 Å². The van der Waals surface area contributed by atoms with Crippen LogP contribution in [0.15, 0.2) is 18.2 Å². The number of aryl methyl sites for hydroxylation is 1. The summed E-state index contributed by atoms with van der Waals surface area (Å²) in [5.41, 5.74) is 3.45. The molecule has 7 rings (SSSR count). The normalized spacial score (nSPS) is 33.7. The summed E-state index contributed by atoms with van der Waals surface area (Å²) in [6, 6.07) is 8.75. The first-order valence-corrected chi connectivity index (χ1v) is 12.7. The fraction of sp³-hybridized carbons (Fsp3) is 0.600. The first-order valence-electron chi connectivity index (χ1n) is 12.7. The zero-order valence-corrected chi connectivity index (χ0v) is 19.7. The number of benzene rings is 1. The Morgan fingerprint density at radius 3 is 2.94 bits per heavy atom. The van der Waals surface area contributed by atoms with Crippen LogP contribution in [0, 0.1) is 23.2 Å². The molecule has 2 bridgehead atoms. The fourth-order valence-corrected chi connectivity index (χ4v) is 7.19. The van der Waals surface area contributed by atoms with Crippen molar-refractivity contribution in [3.63, 3.8) is 0 Å². The minimum atomic E-state index is -0.274. The topological polar surface area (TPSA) is 122 Å². The number of nitriles is 1. The number of carbonyl (C=O) groups is 2. The average Bonchev–Trinajstić information content (AvgIpc) is 3.43. The van der Waals surface area contributed by atoms with E-state index in [-0.39, 0.29) is 47.9 Å². The molecule has 1 aromatic carbocycles. The number of aromatic amines is 1. The van der Waals surface area contributed by atoms with Gasteiger partial charge in [0.1, 0.15) is 6.04 Å². The lowest BCUT2D eigenvalue weighted by molar-refractivity contribution is -0.142. The number of tetrazole rings is 1. The Hall–Kier alpha value is -3.32. The number of carbonyl (C=O) groups excluding carboxylic acids is 2. The van der Waals surface area contributed by atoms with Gasteiger partial charge in [-0.1, -0.05) is 19.1 Å². The highest BCUT2D eigenvalue weighted by Crippen LogP contribution is 2.48. The molecule has 7 atom stereocenters. The second-order valence-corrected chi connectivity index (χ2v) is 10.9. The van der Waals surface area contributed by atoms with Crippen LogP contribution in [-0.2, 0) is 16.0 Å². The minimum Gasteiger partial charge on any atom is -0.330 e. The Labute approximate surface area is 203 Å². The summed E-state index contributed by atoms with van der Waals surface area (Å²) in [6.07, 6.45) is 4.57. The molecule has 3 aliphatic heterocycles. The SMILES string of the molecule is C[C@@H](CN1C[C@@H]2C[C@H]1C(=O)N2[C@H]1CCc2cc(-c3nnn[nH]3)ccc21)C(=O)N1C2C[C@H]2C[C@H]1C#N. The summed E-state index contributed by atoms with van der Waals surface area (Å²) >= 11 is 0. The molecular formula is C25H28N8O2. The minimum absolute atomic E-state index is 0.0797. The first kappa shape index (κ1) is 21.0. The van der Waals surface area contributed by atoms with Gasteiger partial charge in [0, 0.05) is 36.7 Å². The molecule has 1 unspecified atom stereocenters. The molecular weight excluding hydrogens is 444 g/mol. The number of piperidine rings is 1. The number of nitrogens with zero attached hydrogens (tertiary/aromatic N) is 7. The van der Waals surface area contributed by atoms with Crippen LogP contribution in [0.2, 0.25) is 0 Å². The van der Waals surface area contributed by atoms with E-state index in [4.69, 9.17) is 0 Å². The van der Waals surface area contributed by atoms with E-state index in [0.717, 1.165) is 44.2 Å². The lowest BCUT2D eigenvalue weighted by Gasteiger charge is -2.39. The summed E-state index contributed by atoms with van der Waals surface area (Å²) in [5, 5.41) is 23.6. The maximum atomic E-state index is 13.5. The van der Waals surface area contributed by atoms with Gasteiger partial charge in [-0.25, -0.2) is 5.10 Å². The maximum absolute atomic E-state index is 13.5. The predicted molar refractivity (Wildman–Crippen MR) is 123 cm³/mol. The van der Waals surface area contributed by atoms with Crippen molar-refractivity contribution in [1.82, 2.24) is 35.3 Å². The molecule has 1 saturated carbocycles. The third-order valence-corrected chi connectivity index (χ3v) is 8.90. The molecule has 1 N–H and O–H groups in total. The van der Waals surface area contributed by atoms with Crippen LogP contribution >= 0.6 is 0 Å². The van der Waals surface area contributed by atoms with E-state index in [1.54, 1.807) is 0 Å². The number of hydrogen-bond acceptors (Lipinski definition) is 7. The largest absolute Gasteiger partial charge is 0.330 e. The van der Waals surface area contributed by atoms with Crippen molar-refractivity contribution < 1.29 is 9.59 Å². The number of piperazine rings is 1. The van der Waals surface area contributed by atoms with E-state index in [1.165, 1.54) is 11.1 Å². The lowest BCUT2D eigenvalue weighted by atomic mass is 10.0. The maximum Gasteiger partial charge on any atom is 0.240 e. The zero-order valence-electron chi connectivity index (χ0n) is 19.7. The van der Waals surface area contributed by atoms with Crippen molar-refractivity contribution in [3.05, 3.63) is 29.3 Å². The third kappa shape index (κ3) is 3.14. The summed E-state index contributed by atoms with van der Waals surface area (Å²) < 4.78 is 0. The Bertz CT molecular complexity index is 1240. The number of nitrogens with one attached hydrogen (secondary N) is 1. The summed E-state index contributed by atoms with van der Waals surface area (Å²) in [5.74, 6) is 1.24. The van der Waals surface area contributed by atoms with Crippen LogP contribution in [0.5, 0.6) is 0 Å². The molecule has 2 aliphatic carbocycles. The number of H-pyrrole nitrogens is 1. The molecule has 2 amide bonds. The van der Waals surface area contributed by atoms with Crippen molar-refractivity contribution in [2.24, 2.45) is 11.8 Å². The van der Waals surface area contributed by atoms with Crippen molar-refractivity contribution in [2.45, 2.75) is 69.2 Å². The number of rotatable bonds is 5. The second-order valence-electron chi connectivity index (χ2n) is 10.9. The van der Waals surface area contributed by atoms with Gasteiger partial charge in [-0.15, -0.1) is 5.10 Å². The summed E-state index contributed by atoms with van der Waals surface area (Å²) in [6.45, 7) is 3.35. The van der Waals surface area contributed by atoms with E-state index in [1.807, 2.05) is 17.9 Å². The molecule has 4 fully saturated rings. The number of fused-ring (bicyclic) bond motifs is 4. The van der Waals surface area contributed by atoms with Gasteiger partial charge in [0.2, 0.25) is 11.8 Å². The molecule has 2 aromatic rings. The number of likely N-dealkylation sites (tertiary alicyclic amines) is 3. The highest BCUT2D eigenvalue weighted by atomic mass is 16.2. The highest BCUT2D eigenvalue weighted by Gasteiger charge is 2.56. The summed E-state index contributed by atoms with van der Waals surface area (Å²) in [4.78, 5) is 32.9. The van der Waals surface area contributed by atoms with Crippen molar-refractivity contribution in [2.75, 3.05) is 13.1 Å². The van der Waals surface area contributed by atoms with E-state index < -0.39 is 0 Å². The van der Waals surface area contributed by atoms with E-state index >= 15 is 0 Å². The van der Waals surface area contributed by atoms with Crippen LogP contribution < -0.4 is 0 Å². The lowest BCUT2D eigenvalue weighted by Crippen LogP contribution is -2.53. The van der Waals surface area contributed by atoms with Gasteiger partial charge in [0.25, 0.3) is 0 Å². The molecule has 180 valence electrons. The quantitative estimate of drug-likeness (QED) is 0.696. The standard InChI is InChI=1S/C25H28N8O2/c1-13(24(34)32-17(10-26)7-16-8-21(16)32)11-31-12-18-9-22(31)25(35)33(18)20-5-3-14-6-15(2-4-19(14)20)23-27-29-30-28-23/h2,4,6,13,16-18,20-22H,3,5,7-9,11-12H2,1H3,(H,27,28,29,30)/t13-,16+,17-,18-,20-,21?,22-/m0/s1. The van der Waals surface area contributed by atoms with E-state index in [9.17, 15) is 14.9 Å². The van der Waals surface area contributed by atoms with Gasteiger partial charge >= 0.3 is 0 Å². The molecule has 0 spiro atoms. The molecule has 0 radical (unpaired) electrons. The van der Waals surface area contributed by atoms with Crippen LogP contribution in [0.25, 0.3) is 11.4 Å². The molecule has 35 heavy (non-hydrogen) atoms. The Kier molecular flexibility index (Phi) is 4.55. The molecule has 10 heteroatoms. The van der Waals surface area contributed by atoms with Gasteiger partial charge < -0.3 is 9.80 Å². The molecule has 3 saturated heterocycles. The van der Waals surface area contributed by atoms with Gasteiger partial charge in [0.05, 0.1) is 18.2 Å².